The lowest BCUT2D eigenvalue weighted by Crippen LogP contribution is -2.21. The zero-order valence-electron chi connectivity index (χ0n) is 16.4. The van der Waals surface area contributed by atoms with Gasteiger partial charge in [-0.25, -0.2) is 9.59 Å². The highest BCUT2D eigenvalue weighted by Gasteiger charge is 2.32. The van der Waals surface area contributed by atoms with Crippen LogP contribution in [0.25, 0.3) is 21.9 Å². The molecule has 2 aromatic heterocycles. The van der Waals surface area contributed by atoms with Crippen molar-refractivity contribution >= 4 is 44.5 Å². The van der Waals surface area contributed by atoms with Gasteiger partial charge in [0, 0.05) is 3.57 Å². The van der Waals surface area contributed by atoms with Crippen molar-refractivity contribution in [1.29, 1.82) is 0 Å². The molecule has 0 bridgehead atoms. The number of para-hydroxylation sites is 2. The van der Waals surface area contributed by atoms with Crippen LogP contribution < -0.4 is 11.3 Å². The van der Waals surface area contributed by atoms with E-state index >= 15 is 0 Å². The first-order chi connectivity index (χ1) is 15.5. The van der Waals surface area contributed by atoms with Crippen LogP contribution in [0.3, 0.4) is 0 Å². The number of aromatic hydroxyl groups is 2. The van der Waals surface area contributed by atoms with Gasteiger partial charge in [-0.2, -0.15) is 0 Å². The Labute approximate surface area is 194 Å². The highest BCUT2D eigenvalue weighted by molar-refractivity contribution is 14.1. The minimum Gasteiger partial charge on any atom is -0.507 e. The van der Waals surface area contributed by atoms with Gasteiger partial charge in [0.25, 0.3) is 0 Å². The highest BCUT2D eigenvalue weighted by atomic mass is 127. The van der Waals surface area contributed by atoms with E-state index in [0.29, 0.717) is 16.3 Å². The summed E-state index contributed by atoms with van der Waals surface area (Å²) < 4.78 is 11.9. The van der Waals surface area contributed by atoms with E-state index in [9.17, 15) is 19.8 Å². The third-order valence-corrected chi connectivity index (χ3v) is 6.14. The summed E-state index contributed by atoms with van der Waals surface area (Å²) in [4.78, 5) is 26.1. The summed E-state index contributed by atoms with van der Waals surface area (Å²) in [5.41, 5.74) is -0.968. The Balaban J connectivity index is 1.91. The van der Waals surface area contributed by atoms with E-state index in [-0.39, 0.29) is 33.8 Å². The third kappa shape index (κ3) is 3.25. The smallest absolute Gasteiger partial charge is 0.344 e. The molecule has 32 heavy (non-hydrogen) atoms. The molecule has 0 aliphatic carbocycles. The zero-order chi connectivity index (χ0) is 22.4. The number of fused-ring (bicyclic) bond motifs is 2. The Morgan fingerprint density at radius 3 is 1.56 bits per heavy atom. The molecule has 0 atom stereocenters. The normalized spacial score (nSPS) is 11.4. The zero-order valence-corrected chi connectivity index (χ0v) is 18.6. The van der Waals surface area contributed by atoms with E-state index in [1.54, 1.807) is 60.7 Å². The van der Waals surface area contributed by atoms with Crippen LogP contribution in [0.15, 0.2) is 91.2 Å². The molecule has 0 saturated heterocycles. The van der Waals surface area contributed by atoms with Crippen molar-refractivity contribution in [2.75, 3.05) is 0 Å². The minimum absolute atomic E-state index is 0.150. The summed E-state index contributed by atoms with van der Waals surface area (Å²) in [7, 11) is 0. The van der Waals surface area contributed by atoms with Crippen molar-refractivity contribution in [2.24, 2.45) is 0 Å². The fraction of sp³-hybridized carbons (Fsp3) is 0.0400. The minimum atomic E-state index is -1.12. The predicted molar refractivity (Wildman–Crippen MR) is 128 cm³/mol. The standard InChI is InChI=1S/C25H15IO6/c26-14-11-9-13(10-12-14)19(20-22(27)15-5-1-3-7-17(15)31-24(20)29)21-23(28)16-6-2-4-8-18(16)32-25(21)30/h1-12,19,27-28H. The molecule has 0 saturated carbocycles. The van der Waals surface area contributed by atoms with Gasteiger partial charge in [-0.15, -0.1) is 0 Å². The summed E-state index contributed by atoms with van der Waals surface area (Å²) >= 11 is 2.14. The highest BCUT2D eigenvalue weighted by Crippen LogP contribution is 2.41. The molecule has 3 aromatic carbocycles. The second kappa shape index (κ2) is 7.83. The maximum absolute atomic E-state index is 13.1. The van der Waals surface area contributed by atoms with Gasteiger partial charge >= 0.3 is 11.3 Å². The van der Waals surface area contributed by atoms with E-state index in [1.807, 2.05) is 12.1 Å². The van der Waals surface area contributed by atoms with Crippen molar-refractivity contribution in [2.45, 2.75) is 5.92 Å². The van der Waals surface area contributed by atoms with E-state index in [1.165, 1.54) is 0 Å². The summed E-state index contributed by atoms with van der Waals surface area (Å²) in [6, 6.07) is 20.2. The van der Waals surface area contributed by atoms with Gasteiger partial charge in [-0.3, -0.25) is 0 Å². The molecule has 2 heterocycles. The molecule has 6 nitrogen and oxygen atoms in total. The first kappa shape index (κ1) is 20.3. The quantitative estimate of drug-likeness (QED) is 0.245. The van der Waals surface area contributed by atoms with Crippen LogP contribution in [0.2, 0.25) is 0 Å². The number of hydrogen-bond acceptors (Lipinski definition) is 6. The fourth-order valence-corrected chi connectivity index (χ4v) is 4.30. The second-order valence-electron chi connectivity index (χ2n) is 7.28. The Morgan fingerprint density at radius 1 is 0.656 bits per heavy atom. The van der Waals surface area contributed by atoms with Crippen LogP contribution in [0.4, 0.5) is 0 Å². The Morgan fingerprint density at radius 2 is 1.09 bits per heavy atom. The van der Waals surface area contributed by atoms with Crippen molar-refractivity contribution < 1.29 is 19.0 Å². The van der Waals surface area contributed by atoms with Crippen molar-refractivity contribution in [1.82, 2.24) is 0 Å². The van der Waals surface area contributed by atoms with Gasteiger partial charge in [-0.1, -0.05) is 36.4 Å². The Hall–Kier alpha value is -3.59. The Bertz CT molecular complexity index is 1500. The van der Waals surface area contributed by atoms with E-state index < -0.39 is 17.2 Å². The van der Waals surface area contributed by atoms with Gasteiger partial charge in [0.15, 0.2) is 0 Å². The summed E-state index contributed by atoms with van der Waals surface area (Å²) in [6.07, 6.45) is 0. The van der Waals surface area contributed by atoms with Crippen LogP contribution in [0.5, 0.6) is 11.5 Å². The summed E-state index contributed by atoms with van der Waals surface area (Å²) in [5, 5.41) is 22.8. The number of rotatable bonds is 3. The second-order valence-corrected chi connectivity index (χ2v) is 8.53. The van der Waals surface area contributed by atoms with Gasteiger partial charge in [0.1, 0.15) is 22.7 Å². The van der Waals surface area contributed by atoms with Gasteiger partial charge in [-0.05, 0) is 64.6 Å². The van der Waals surface area contributed by atoms with Crippen LogP contribution in [-0.4, -0.2) is 10.2 Å². The first-order valence-electron chi connectivity index (χ1n) is 9.70. The molecule has 0 aliphatic rings. The van der Waals surface area contributed by atoms with Crippen molar-refractivity contribution in [3.63, 3.8) is 0 Å². The monoisotopic (exact) mass is 538 g/mol. The third-order valence-electron chi connectivity index (χ3n) is 5.42. The van der Waals surface area contributed by atoms with Gasteiger partial charge < -0.3 is 19.0 Å². The Kier molecular flexibility index (Phi) is 4.97. The molecule has 0 spiro atoms. The number of benzene rings is 3. The molecule has 0 fully saturated rings. The van der Waals surface area contributed by atoms with Crippen LogP contribution in [0.1, 0.15) is 22.6 Å². The van der Waals surface area contributed by atoms with E-state index in [2.05, 4.69) is 22.6 Å². The predicted octanol–water partition coefficient (Wildman–Crippen LogP) is 5.10. The summed E-state index contributed by atoms with van der Waals surface area (Å²) in [5.74, 6) is -1.74. The van der Waals surface area contributed by atoms with Crippen LogP contribution in [0, 0.1) is 3.57 Å². The molecule has 0 aliphatic heterocycles. The lowest BCUT2D eigenvalue weighted by molar-refractivity contribution is 0.441. The van der Waals surface area contributed by atoms with E-state index in [4.69, 9.17) is 8.83 Å². The topological polar surface area (TPSA) is 101 Å². The lowest BCUT2D eigenvalue weighted by atomic mass is 9.84. The average Bonchev–Trinajstić information content (AvgIpc) is 2.78. The largest absolute Gasteiger partial charge is 0.507 e. The first-order valence-corrected chi connectivity index (χ1v) is 10.8. The maximum Gasteiger partial charge on any atom is 0.344 e. The van der Waals surface area contributed by atoms with Gasteiger partial charge in [0.2, 0.25) is 0 Å². The molecule has 0 radical (unpaired) electrons. The number of hydrogen-bond donors (Lipinski definition) is 2. The van der Waals surface area contributed by atoms with Crippen LogP contribution >= 0.6 is 22.6 Å². The van der Waals surface area contributed by atoms with Crippen molar-refractivity contribution in [3.8, 4) is 11.5 Å². The van der Waals surface area contributed by atoms with E-state index in [0.717, 1.165) is 3.57 Å². The van der Waals surface area contributed by atoms with Gasteiger partial charge in [0.05, 0.1) is 27.8 Å². The van der Waals surface area contributed by atoms with Crippen molar-refractivity contribution in [3.05, 3.63) is 114 Å². The summed E-state index contributed by atoms with van der Waals surface area (Å²) in [6.45, 7) is 0. The number of halogens is 1. The average molecular weight is 538 g/mol. The molecule has 7 heteroatoms. The maximum atomic E-state index is 13.1. The molecule has 5 aromatic rings. The lowest BCUT2D eigenvalue weighted by Gasteiger charge is -2.19. The van der Waals surface area contributed by atoms with Crippen LogP contribution in [-0.2, 0) is 0 Å². The molecule has 158 valence electrons. The molecular weight excluding hydrogens is 523 g/mol. The molecule has 0 amide bonds. The molecule has 0 unspecified atom stereocenters. The SMILES string of the molecule is O=c1oc2ccccc2c(O)c1C(c1ccc(I)cc1)c1c(O)c2ccccc2oc1=O. The molecular formula is C25H15IO6. The fourth-order valence-electron chi connectivity index (χ4n) is 3.94. The molecule has 5 rings (SSSR count). The molecule has 2 N–H and O–H groups in total.